The van der Waals surface area contributed by atoms with Crippen molar-refractivity contribution in [3.8, 4) is 0 Å². The van der Waals surface area contributed by atoms with E-state index in [1.807, 2.05) is 32.0 Å². The van der Waals surface area contributed by atoms with Crippen LogP contribution in [-0.2, 0) is 6.54 Å². The van der Waals surface area contributed by atoms with Gasteiger partial charge in [-0.3, -0.25) is 4.98 Å². The van der Waals surface area contributed by atoms with Crippen molar-refractivity contribution in [3.63, 3.8) is 0 Å². The minimum atomic E-state index is 0.471. The second-order valence-electron chi connectivity index (χ2n) is 4.38. The van der Waals surface area contributed by atoms with Gasteiger partial charge in [-0.05, 0) is 32.9 Å². The van der Waals surface area contributed by atoms with E-state index in [0.29, 0.717) is 17.5 Å². The van der Waals surface area contributed by atoms with Gasteiger partial charge in [-0.2, -0.15) is 0 Å². The van der Waals surface area contributed by atoms with Gasteiger partial charge in [0.25, 0.3) is 0 Å². The third-order valence-electron chi connectivity index (χ3n) is 2.80. The average molecular weight is 277 g/mol. The monoisotopic (exact) mass is 276 g/mol. The van der Waals surface area contributed by atoms with Crippen molar-refractivity contribution in [1.29, 1.82) is 0 Å². The van der Waals surface area contributed by atoms with Crippen LogP contribution < -0.4 is 4.90 Å². The Morgan fingerprint density at radius 3 is 2.58 bits per heavy atom. The molecule has 0 N–H and O–H groups in total. The van der Waals surface area contributed by atoms with E-state index in [0.717, 1.165) is 23.8 Å². The largest absolute Gasteiger partial charge is 0.351 e. The summed E-state index contributed by atoms with van der Waals surface area (Å²) >= 11 is 5.99. The molecule has 100 valence electrons. The van der Waals surface area contributed by atoms with Gasteiger partial charge in [0, 0.05) is 18.3 Å². The highest BCUT2D eigenvalue weighted by molar-refractivity contribution is 6.29. The Kier molecular flexibility index (Phi) is 4.32. The van der Waals surface area contributed by atoms with Crippen LogP contribution in [0, 0.1) is 13.8 Å². The molecule has 2 aromatic heterocycles. The van der Waals surface area contributed by atoms with Crippen molar-refractivity contribution in [3.05, 3.63) is 46.6 Å². The summed E-state index contributed by atoms with van der Waals surface area (Å²) in [5.74, 6) is 1.52. The Labute approximate surface area is 118 Å². The fraction of sp³-hybridized carbons (Fsp3) is 0.357. The van der Waals surface area contributed by atoms with Crippen LogP contribution in [0.1, 0.15) is 24.1 Å². The molecule has 0 radical (unpaired) electrons. The van der Waals surface area contributed by atoms with Crippen LogP contribution in [0.4, 0.5) is 5.82 Å². The van der Waals surface area contributed by atoms with Crippen molar-refractivity contribution < 1.29 is 0 Å². The zero-order chi connectivity index (χ0) is 13.8. The van der Waals surface area contributed by atoms with E-state index in [2.05, 4.69) is 26.8 Å². The number of hydrogen-bond acceptors (Lipinski definition) is 4. The molecule has 0 spiro atoms. The Balaban J connectivity index is 2.24. The summed E-state index contributed by atoms with van der Waals surface area (Å²) in [6.45, 7) is 7.47. The Hall–Kier alpha value is -1.68. The highest BCUT2D eigenvalue weighted by atomic mass is 35.5. The minimum Gasteiger partial charge on any atom is -0.351 e. The van der Waals surface area contributed by atoms with Crippen LogP contribution in [0.5, 0.6) is 0 Å². The molecule has 2 heterocycles. The lowest BCUT2D eigenvalue weighted by atomic mass is 10.3. The first-order chi connectivity index (χ1) is 9.08. The number of halogens is 1. The van der Waals surface area contributed by atoms with Crippen molar-refractivity contribution in [2.45, 2.75) is 27.3 Å². The zero-order valence-corrected chi connectivity index (χ0v) is 12.1. The second kappa shape index (κ2) is 5.97. The van der Waals surface area contributed by atoms with Crippen LogP contribution in [0.25, 0.3) is 0 Å². The number of nitrogens with zero attached hydrogens (tertiary/aromatic N) is 4. The third kappa shape index (κ3) is 3.64. The predicted molar refractivity (Wildman–Crippen MR) is 77.5 cm³/mol. The lowest BCUT2D eigenvalue weighted by Crippen LogP contribution is -2.24. The second-order valence-corrected chi connectivity index (χ2v) is 4.77. The maximum Gasteiger partial charge on any atom is 0.134 e. The summed E-state index contributed by atoms with van der Waals surface area (Å²) in [6.07, 6.45) is 0. The Morgan fingerprint density at radius 1 is 1.16 bits per heavy atom. The molecule has 0 amide bonds. The molecule has 2 rings (SSSR count). The molecule has 4 nitrogen and oxygen atoms in total. The van der Waals surface area contributed by atoms with Crippen molar-refractivity contribution in [2.75, 3.05) is 11.4 Å². The fourth-order valence-corrected chi connectivity index (χ4v) is 2.14. The molecule has 0 saturated carbocycles. The van der Waals surface area contributed by atoms with E-state index >= 15 is 0 Å². The van der Waals surface area contributed by atoms with Gasteiger partial charge in [-0.25, -0.2) is 9.97 Å². The average Bonchev–Trinajstić information content (AvgIpc) is 2.34. The molecule has 19 heavy (non-hydrogen) atoms. The zero-order valence-electron chi connectivity index (χ0n) is 11.4. The molecule has 2 aromatic rings. The summed E-state index contributed by atoms with van der Waals surface area (Å²) in [6, 6.07) is 7.81. The predicted octanol–water partition coefficient (Wildman–Crippen LogP) is 3.17. The quantitative estimate of drug-likeness (QED) is 0.805. The van der Waals surface area contributed by atoms with Crippen LogP contribution in [-0.4, -0.2) is 21.5 Å². The van der Waals surface area contributed by atoms with E-state index in [1.165, 1.54) is 0 Å². The molecule has 0 aliphatic carbocycles. The number of hydrogen-bond donors (Lipinski definition) is 0. The summed E-state index contributed by atoms with van der Waals surface area (Å²) in [5, 5.41) is 0.471. The molecular weight excluding hydrogens is 260 g/mol. The Bertz CT molecular complexity index is 551. The minimum absolute atomic E-state index is 0.471. The Morgan fingerprint density at radius 2 is 1.95 bits per heavy atom. The molecule has 0 bridgehead atoms. The van der Waals surface area contributed by atoms with Crippen LogP contribution in [0.3, 0.4) is 0 Å². The number of aryl methyl sites for hydroxylation is 2. The van der Waals surface area contributed by atoms with E-state index < -0.39 is 0 Å². The molecule has 0 saturated heterocycles. The first-order valence-electron chi connectivity index (χ1n) is 6.27. The molecule has 0 aliphatic rings. The molecule has 0 aliphatic heterocycles. The van der Waals surface area contributed by atoms with Crippen molar-refractivity contribution in [2.24, 2.45) is 0 Å². The summed E-state index contributed by atoms with van der Waals surface area (Å²) in [5.41, 5.74) is 2.04. The lowest BCUT2D eigenvalue weighted by molar-refractivity contribution is 0.783. The number of anilines is 1. The number of pyridine rings is 1. The number of aromatic nitrogens is 3. The summed E-state index contributed by atoms with van der Waals surface area (Å²) in [4.78, 5) is 15.2. The van der Waals surface area contributed by atoms with E-state index in [1.54, 1.807) is 6.07 Å². The standard InChI is InChI=1S/C14H17ClN4/c1-4-19(9-12-7-5-6-10(2)16-12)14-8-13(15)17-11(3)18-14/h5-8H,4,9H2,1-3H3. The maximum absolute atomic E-state index is 5.99. The van der Waals surface area contributed by atoms with Gasteiger partial charge in [0.2, 0.25) is 0 Å². The van der Waals surface area contributed by atoms with Gasteiger partial charge in [-0.1, -0.05) is 17.7 Å². The molecule has 5 heteroatoms. The highest BCUT2D eigenvalue weighted by Gasteiger charge is 2.10. The van der Waals surface area contributed by atoms with Crippen LogP contribution in [0.15, 0.2) is 24.3 Å². The SMILES string of the molecule is CCN(Cc1cccc(C)n1)c1cc(Cl)nc(C)n1. The lowest BCUT2D eigenvalue weighted by Gasteiger charge is -2.22. The van der Waals surface area contributed by atoms with Gasteiger partial charge in [0.1, 0.15) is 16.8 Å². The van der Waals surface area contributed by atoms with Crippen LogP contribution in [0.2, 0.25) is 5.15 Å². The fourth-order valence-electron chi connectivity index (χ4n) is 1.92. The molecule has 0 aromatic carbocycles. The molecule has 0 unspecified atom stereocenters. The van der Waals surface area contributed by atoms with Gasteiger partial charge in [0.05, 0.1) is 12.2 Å². The van der Waals surface area contributed by atoms with Gasteiger partial charge < -0.3 is 4.90 Å². The smallest absolute Gasteiger partial charge is 0.134 e. The molecular formula is C14H17ClN4. The maximum atomic E-state index is 5.99. The third-order valence-corrected chi connectivity index (χ3v) is 2.99. The normalized spacial score (nSPS) is 10.5. The van der Waals surface area contributed by atoms with E-state index in [4.69, 9.17) is 11.6 Å². The first kappa shape index (κ1) is 13.7. The van der Waals surface area contributed by atoms with Gasteiger partial charge in [0.15, 0.2) is 0 Å². The van der Waals surface area contributed by atoms with Gasteiger partial charge >= 0.3 is 0 Å². The highest BCUT2D eigenvalue weighted by Crippen LogP contribution is 2.17. The van der Waals surface area contributed by atoms with Crippen molar-refractivity contribution >= 4 is 17.4 Å². The van der Waals surface area contributed by atoms with Crippen LogP contribution >= 0.6 is 11.6 Å². The molecule has 0 fully saturated rings. The number of rotatable bonds is 4. The summed E-state index contributed by atoms with van der Waals surface area (Å²) in [7, 11) is 0. The van der Waals surface area contributed by atoms with Crippen molar-refractivity contribution in [1.82, 2.24) is 15.0 Å². The van der Waals surface area contributed by atoms with Gasteiger partial charge in [-0.15, -0.1) is 0 Å². The molecule has 0 atom stereocenters. The van der Waals surface area contributed by atoms with E-state index in [-0.39, 0.29) is 0 Å². The summed E-state index contributed by atoms with van der Waals surface area (Å²) < 4.78 is 0. The topological polar surface area (TPSA) is 41.9 Å². The first-order valence-corrected chi connectivity index (χ1v) is 6.65. The van der Waals surface area contributed by atoms with E-state index in [9.17, 15) is 0 Å².